The van der Waals surface area contributed by atoms with Crippen LogP contribution in [0, 0.1) is 0 Å². The van der Waals surface area contributed by atoms with Crippen LogP contribution in [0.4, 0.5) is 0 Å². The van der Waals surface area contributed by atoms with Crippen molar-refractivity contribution >= 4 is 17.6 Å². The predicted octanol–water partition coefficient (Wildman–Crippen LogP) is 7.94. The van der Waals surface area contributed by atoms with Gasteiger partial charge in [0.15, 0.2) is 0 Å². The van der Waals surface area contributed by atoms with Crippen LogP contribution in [0.15, 0.2) is 42.5 Å². The van der Waals surface area contributed by atoms with E-state index >= 15 is 0 Å². The second-order valence-corrected chi connectivity index (χ2v) is 10.1. The van der Waals surface area contributed by atoms with Crippen LogP contribution >= 0.6 is 0 Å². The molecule has 0 N–H and O–H groups in total. The number of carbonyl (C=O) groups is 1. The van der Waals surface area contributed by atoms with Crippen LogP contribution in [0.1, 0.15) is 106 Å². The van der Waals surface area contributed by atoms with Crippen molar-refractivity contribution in [3.05, 3.63) is 70.3 Å². The summed E-state index contributed by atoms with van der Waals surface area (Å²) in [7, 11) is 0. The van der Waals surface area contributed by atoms with E-state index in [4.69, 9.17) is 4.74 Å². The van der Waals surface area contributed by atoms with Gasteiger partial charge in [0, 0.05) is 0 Å². The summed E-state index contributed by atoms with van der Waals surface area (Å²) in [6, 6.07) is 14.9. The Hall–Kier alpha value is -2.35. The molecule has 1 aliphatic carbocycles. The molecule has 2 heteroatoms. The average Bonchev–Trinajstić information content (AvgIpc) is 2.75. The molecule has 166 valence electrons. The molecule has 0 saturated carbocycles. The molecule has 0 spiro atoms. The molecule has 0 heterocycles. The molecule has 0 unspecified atom stereocenters. The fourth-order valence-electron chi connectivity index (χ4n) is 4.59. The molecule has 0 aliphatic heterocycles. The number of fused-ring (bicyclic) bond motifs is 1. The summed E-state index contributed by atoms with van der Waals surface area (Å²) >= 11 is 0. The number of benzene rings is 2. The van der Waals surface area contributed by atoms with E-state index in [1.54, 1.807) is 0 Å². The van der Waals surface area contributed by atoms with Crippen LogP contribution in [0.5, 0.6) is 0 Å². The summed E-state index contributed by atoms with van der Waals surface area (Å²) < 4.78 is 5.11. The van der Waals surface area contributed by atoms with Gasteiger partial charge in [0.1, 0.15) is 0 Å². The minimum absolute atomic E-state index is 0.206. The topological polar surface area (TPSA) is 26.3 Å². The van der Waals surface area contributed by atoms with Gasteiger partial charge in [-0.25, -0.2) is 4.79 Å². The highest BCUT2D eigenvalue weighted by atomic mass is 16.5. The molecule has 0 bridgehead atoms. The SMILES string of the molecule is CCCCC(=Cc1ccc(C(=O)OCC)cc1)c1ccc2c(c1)C(C)(C)CCC2(C)C. The van der Waals surface area contributed by atoms with Crippen molar-refractivity contribution < 1.29 is 9.53 Å². The Bertz CT molecular complexity index is 945. The maximum absolute atomic E-state index is 12.0. The van der Waals surface area contributed by atoms with Gasteiger partial charge in [-0.15, -0.1) is 0 Å². The minimum Gasteiger partial charge on any atom is -0.462 e. The standard InChI is InChI=1S/C29H38O2/c1-7-9-10-23(19-21-11-13-22(14-12-21)27(30)31-8-2)24-15-16-25-26(20-24)29(5,6)18-17-28(25,3)4/h11-16,19-20H,7-10,17-18H2,1-6H3. The van der Waals surface area contributed by atoms with Crippen LogP contribution in [-0.4, -0.2) is 12.6 Å². The summed E-state index contributed by atoms with van der Waals surface area (Å²) in [5, 5.41) is 0. The lowest BCUT2D eigenvalue weighted by atomic mass is 9.63. The predicted molar refractivity (Wildman–Crippen MR) is 132 cm³/mol. The first-order valence-corrected chi connectivity index (χ1v) is 11.8. The first-order chi connectivity index (χ1) is 14.7. The Morgan fingerprint density at radius 1 is 0.903 bits per heavy atom. The van der Waals surface area contributed by atoms with Gasteiger partial charge in [-0.1, -0.05) is 77.4 Å². The van der Waals surface area contributed by atoms with Crippen molar-refractivity contribution in [2.75, 3.05) is 6.61 Å². The second kappa shape index (κ2) is 9.42. The highest BCUT2D eigenvalue weighted by Crippen LogP contribution is 2.46. The molecule has 0 atom stereocenters. The molecule has 31 heavy (non-hydrogen) atoms. The van der Waals surface area contributed by atoms with E-state index in [0.29, 0.717) is 12.2 Å². The minimum atomic E-state index is -0.260. The number of esters is 1. The molecule has 0 amide bonds. The van der Waals surface area contributed by atoms with Crippen molar-refractivity contribution in [2.24, 2.45) is 0 Å². The number of unbranched alkanes of at least 4 members (excludes halogenated alkanes) is 1. The third-order valence-corrected chi connectivity index (χ3v) is 6.79. The van der Waals surface area contributed by atoms with Gasteiger partial charge in [0.05, 0.1) is 12.2 Å². The highest BCUT2D eigenvalue weighted by molar-refractivity contribution is 5.90. The zero-order valence-corrected chi connectivity index (χ0v) is 20.2. The van der Waals surface area contributed by atoms with Gasteiger partial charge < -0.3 is 4.74 Å². The monoisotopic (exact) mass is 418 g/mol. The fraction of sp³-hybridized carbons (Fsp3) is 0.483. The normalized spacial score (nSPS) is 17.2. The van der Waals surface area contributed by atoms with E-state index in [1.165, 1.54) is 47.9 Å². The Morgan fingerprint density at radius 3 is 2.13 bits per heavy atom. The lowest BCUT2D eigenvalue weighted by Crippen LogP contribution is -2.33. The maximum Gasteiger partial charge on any atom is 0.338 e. The number of carbonyl (C=O) groups excluding carboxylic acids is 1. The van der Waals surface area contributed by atoms with Gasteiger partial charge in [-0.2, -0.15) is 0 Å². The van der Waals surface area contributed by atoms with Crippen LogP contribution in [0.3, 0.4) is 0 Å². The number of rotatable bonds is 7. The van der Waals surface area contributed by atoms with E-state index < -0.39 is 0 Å². The third kappa shape index (κ3) is 5.29. The molecule has 3 rings (SSSR count). The lowest BCUT2D eigenvalue weighted by Gasteiger charge is -2.42. The number of allylic oxidation sites excluding steroid dienone is 1. The van der Waals surface area contributed by atoms with Gasteiger partial charge in [-0.3, -0.25) is 0 Å². The van der Waals surface area contributed by atoms with E-state index in [1.807, 2.05) is 31.2 Å². The molecular weight excluding hydrogens is 380 g/mol. The van der Waals surface area contributed by atoms with Gasteiger partial charge in [0.2, 0.25) is 0 Å². The maximum atomic E-state index is 12.0. The van der Waals surface area contributed by atoms with E-state index in [9.17, 15) is 4.79 Å². The smallest absolute Gasteiger partial charge is 0.338 e. The molecule has 0 radical (unpaired) electrons. The van der Waals surface area contributed by atoms with Crippen LogP contribution < -0.4 is 0 Å². The molecule has 2 aromatic rings. The third-order valence-electron chi connectivity index (χ3n) is 6.79. The van der Waals surface area contributed by atoms with Crippen LogP contribution in [0.25, 0.3) is 11.6 Å². The van der Waals surface area contributed by atoms with Crippen LogP contribution in [0.2, 0.25) is 0 Å². The largest absolute Gasteiger partial charge is 0.462 e. The van der Waals surface area contributed by atoms with Crippen molar-refractivity contribution in [1.82, 2.24) is 0 Å². The molecule has 2 nitrogen and oxygen atoms in total. The van der Waals surface area contributed by atoms with Gasteiger partial charge in [-0.05, 0) is 83.4 Å². The molecule has 0 aromatic heterocycles. The number of hydrogen-bond donors (Lipinski definition) is 0. The first kappa shape index (κ1) is 23.3. The van der Waals surface area contributed by atoms with E-state index in [2.05, 4.69) is 58.9 Å². The summed E-state index contributed by atoms with van der Waals surface area (Å²) in [6.07, 6.45) is 8.13. The van der Waals surface area contributed by atoms with Crippen molar-refractivity contribution in [1.29, 1.82) is 0 Å². The zero-order chi connectivity index (χ0) is 22.6. The Labute approximate surface area is 188 Å². The Balaban J connectivity index is 1.99. The number of hydrogen-bond acceptors (Lipinski definition) is 2. The molecule has 1 aliphatic rings. The van der Waals surface area contributed by atoms with Crippen LogP contribution in [-0.2, 0) is 15.6 Å². The van der Waals surface area contributed by atoms with Gasteiger partial charge in [0.25, 0.3) is 0 Å². The molecular formula is C29H38O2. The van der Waals surface area contributed by atoms with Gasteiger partial charge >= 0.3 is 5.97 Å². The van der Waals surface area contributed by atoms with Crippen molar-refractivity contribution in [3.8, 4) is 0 Å². The van der Waals surface area contributed by atoms with Crippen molar-refractivity contribution in [2.45, 2.75) is 84.5 Å². The zero-order valence-electron chi connectivity index (χ0n) is 20.2. The Kier molecular flexibility index (Phi) is 7.09. The highest BCUT2D eigenvalue weighted by Gasteiger charge is 2.37. The summed E-state index contributed by atoms with van der Waals surface area (Å²) in [5.74, 6) is -0.260. The van der Waals surface area contributed by atoms with E-state index in [-0.39, 0.29) is 16.8 Å². The number of ether oxygens (including phenoxy) is 1. The lowest BCUT2D eigenvalue weighted by molar-refractivity contribution is 0.0526. The molecule has 0 fully saturated rings. The molecule has 2 aromatic carbocycles. The Morgan fingerprint density at radius 2 is 1.52 bits per heavy atom. The van der Waals surface area contributed by atoms with Crippen molar-refractivity contribution in [3.63, 3.8) is 0 Å². The summed E-state index contributed by atoms with van der Waals surface area (Å²) in [6.45, 7) is 14.0. The first-order valence-electron chi connectivity index (χ1n) is 11.8. The summed E-state index contributed by atoms with van der Waals surface area (Å²) in [5.41, 5.74) is 7.86. The summed E-state index contributed by atoms with van der Waals surface area (Å²) in [4.78, 5) is 12.0. The molecule has 0 saturated heterocycles. The fourth-order valence-corrected chi connectivity index (χ4v) is 4.59. The van der Waals surface area contributed by atoms with E-state index in [0.717, 1.165) is 12.0 Å². The second-order valence-electron chi connectivity index (χ2n) is 10.1. The average molecular weight is 419 g/mol. The quantitative estimate of drug-likeness (QED) is 0.337.